The first-order valence-electron chi connectivity index (χ1n) is 6.69. The van der Waals surface area contributed by atoms with Gasteiger partial charge in [0, 0.05) is 26.1 Å². The highest BCUT2D eigenvalue weighted by atomic mass is 28.4. The van der Waals surface area contributed by atoms with Crippen LogP contribution in [0.1, 0.15) is 27.2 Å². The normalized spacial score (nSPS) is 21.6. The van der Waals surface area contributed by atoms with E-state index in [0.717, 1.165) is 0 Å². The lowest BCUT2D eigenvalue weighted by atomic mass is 9.98. The summed E-state index contributed by atoms with van der Waals surface area (Å²) in [7, 11) is -1.89. The number of hydrogen-bond acceptors (Lipinski definition) is 3. The number of nitrogens with zero attached hydrogens (tertiary/aromatic N) is 1. The van der Waals surface area contributed by atoms with E-state index in [1.165, 1.54) is 4.90 Å². The molecule has 1 rings (SSSR count). The maximum atomic E-state index is 11.8. The number of hydrogen-bond donors (Lipinski definition) is 1. The van der Waals surface area contributed by atoms with E-state index in [4.69, 9.17) is 9.53 Å². The molecule has 1 fully saturated rings. The Labute approximate surface area is 116 Å². The molecule has 1 aliphatic heterocycles. The molecule has 0 aromatic heterocycles. The lowest BCUT2D eigenvalue weighted by molar-refractivity contribution is -0.126. The van der Waals surface area contributed by atoms with Crippen LogP contribution < -0.4 is 0 Å². The molecule has 0 saturated carbocycles. The molecular formula is C13H25NO4Si. The van der Waals surface area contributed by atoms with Gasteiger partial charge in [-0.1, -0.05) is 20.8 Å². The summed E-state index contributed by atoms with van der Waals surface area (Å²) < 4.78 is 6.03. The average molecular weight is 287 g/mol. The van der Waals surface area contributed by atoms with Crippen molar-refractivity contribution in [2.24, 2.45) is 5.92 Å². The second-order valence-corrected chi connectivity index (χ2v) is 11.5. The van der Waals surface area contributed by atoms with Gasteiger partial charge in [0.1, 0.15) is 5.78 Å². The molecule has 0 bridgehead atoms. The fraction of sp³-hybridized carbons (Fsp3) is 0.846. The van der Waals surface area contributed by atoms with Crippen molar-refractivity contribution in [2.45, 2.75) is 45.3 Å². The van der Waals surface area contributed by atoms with Crippen molar-refractivity contribution < 1.29 is 19.1 Å². The quantitative estimate of drug-likeness (QED) is 0.810. The second kappa shape index (κ2) is 5.62. The van der Waals surface area contributed by atoms with Crippen molar-refractivity contribution in [1.82, 2.24) is 4.90 Å². The molecule has 110 valence electrons. The predicted octanol–water partition coefficient (Wildman–Crippen LogP) is 2.58. The minimum atomic E-state index is -1.89. The molecule has 0 spiro atoms. The monoisotopic (exact) mass is 287 g/mol. The van der Waals surface area contributed by atoms with Gasteiger partial charge in [-0.05, 0) is 18.1 Å². The van der Waals surface area contributed by atoms with Crippen molar-refractivity contribution in [3.05, 3.63) is 0 Å². The number of piperidine rings is 1. The zero-order valence-corrected chi connectivity index (χ0v) is 13.5. The Bertz CT molecular complexity index is 362. The van der Waals surface area contributed by atoms with Crippen LogP contribution in [0.5, 0.6) is 0 Å². The number of Topliss-reactive ketones (excluding diaryl/α,β-unsaturated/α-hetero) is 1. The molecule has 0 aromatic carbocycles. The molecule has 5 nitrogen and oxygen atoms in total. The summed E-state index contributed by atoms with van der Waals surface area (Å²) in [4.78, 5) is 24.1. The van der Waals surface area contributed by atoms with Crippen molar-refractivity contribution >= 4 is 20.2 Å². The number of ketones is 1. The van der Waals surface area contributed by atoms with E-state index in [0.29, 0.717) is 19.6 Å². The van der Waals surface area contributed by atoms with Gasteiger partial charge in [0.2, 0.25) is 0 Å². The Morgan fingerprint density at radius 3 is 2.53 bits per heavy atom. The summed E-state index contributed by atoms with van der Waals surface area (Å²) in [5.41, 5.74) is 0. The molecular weight excluding hydrogens is 262 g/mol. The van der Waals surface area contributed by atoms with Crippen LogP contribution >= 0.6 is 0 Å². The van der Waals surface area contributed by atoms with Gasteiger partial charge in [-0.2, -0.15) is 0 Å². The van der Waals surface area contributed by atoms with E-state index in [1.54, 1.807) is 0 Å². The van der Waals surface area contributed by atoms with E-state index in [2.05, 4.69) is 33.9 Å². The molecule has 1 N–H and O–H groups in total. The van der Waals surface area contributed by atoms with Crippen molar-refractivity contribution in [2.75, 3.05) is 19.7 Å². The van der Waals surface area contributed by atoms with Gasteiger partial charge >= 0.3 is 6.09 Å². The van der Waals surface area contributed by atoms with Crippen LogP contribution in [0.25, 0.3) is 0 Å². The van der Waals surface area contributed by atoms with Gasteiger partial charge in [-0.15, -0.1) is 0 Å². The molecule has 0 aliphatic carbocycles. The van der Waals surface area contributed by atoms with Gasteiger partial charge in [0.15, 0.2) is 8.32 Å². The standard InChI is InChI=1S/C13H25NO4Si/c1-13(2,3)19(4,5)18-9-10-8-14(12(16)17)7-6-11(10)15/h10H,6-9H2,1-5H3,(H,16,17). The summed E-state index contributed by atoms with van der Waals surface area (Å²) in [6, 6.07) is 0. The largest absolute Gasteiger partial charge is 0.465 e. The van der Waals surface area contributed by atoms with Crippen LogP contribution in [-0.2, 0) is 9.22 Å². The zero-order valence-electron chi connectivity index (χ0n) is 12.5. The minimum Gasteiger partial charge on any atom is -0.465 e. The maximum absolute atomic E-state index is 11.8. The van der Waals surface area contributed by atoms with Crippen molar-refractivity contribution in [1.29, 1.82) is 0 Å². The molecule has 6 heteroatoms. The van der Waals surface area contributed by atoms with E-state index >= 15 is 0 Å². The Kier molecular flexibility index (Phi) is 4.79. The lowest BCUT2D eigenvalue weighted by Gasteiger charge is -2.38. The zero-order chi connectivity index (χ0) is 14.8. The Morgan fingerprint density at radius 2 is 2.05 bits per heavy atom. The Hall–Kier alpha value is -0.883. The van der Waals surface area contributed by atoms with Crippen LogP contribution in [0.3, 0.4) is 0 Å². The van der Waals surface area contributed by atoms with E-state index < -0.39 is 14.4 Å². The van der Waals surface area contributed by atoms with Gasteiger partial charge in [-0.3, -0.25) is 4.79 Å². The maximum Gasteiger partial charge on any atom is 0.407 e. The van der Waals surface area contributed by atoms with Crippen LogP contribution in [0.2, 0.25) is 18.1 Å². The molecule has 0 aromatic rings. The Balaban J connectivity index is 2.61. The molecule has 1 heterocycles. The summed E-state index contributed by atoms with van der Waals surface area (Å²) in [6.07, 6.45) is -0.650. The summed E-state index contributed by atoms with van der Waals surface area (Å²) in [5, 5.41) is 9.08. The number of likely N-dealkylation sites (tertiary alicyclic amines) is 1. The molecule has 19 heavy (non-hydrogen) atoms. The van der Waals surface area contributed by atoms with E-state index in [-0.39, 0.29) is 23.3 Å². The summed E-state index contributed by atoms with van der Waals surface area (Å²) >= 11 is 0. The van der Waals surface area contributed by atoms with Crippen LogP contribution in [0, 0.1) is 5.92 Å². The van der Waals surface area contributed by atoms with Crippen molar-refractivity contribution in [3.63, 3.8) is 0 Å². The SMILES string of the molecule is CC(C)(C)[Si](C)(C)OCC1CN(C(=O)O)CCC1=O. The number of rotatable bonds is 3. The third-order valence-electron chi connectivity index (χ3n) is 4.25. The smallest absolute Gasteiger partial charge is 0.407 e. The molecule has 0 radical (unpaired) electrons. The summed E-state index contributed by atoms with van der Waals surface area (Å²) in [6.45, 7) is 11.6. The fourth-order valence-electron chi connectivity index (χ4n) is 1.75. The van der Waals surface area contributed by atoms with Gasteiger partial charge in [0.25, 0.3) is 0 Å². The first-order chi connectivity index (χ1) is 8.54. The average Bonchev–Trinajstić information content (AvgIpc) is 2.26. The van der Waals surface area contributed by atoms with Gasteiger partial charge in [-0.25, -0.2) is 4.79 Å². The van der Waals surface area contributed by atoms with E-state index in [9.17, 15) is 9.59 Å². The highest BCUT2D eigenvalue weighted by Gasteiger charge is 2.39. The first kappa shape index (κ1) is 16.2. The molecule has 1 unspecified atom stereocenters. The third-order valence-corrected chi connectivity index (χ3v) is 8.75. The highest BCUT2D eigenvalue weighted by molar-refractivity contribution is 6.74. The Morgan fingerprint density at radius 1 is 1.47 bits per heavy atom. The van der Waals surface area contributed by atoms with Gasteiger partial charge < -0.3 is 14.4 Å². The number of carbonyl (C=O) groups is 2. The van der Waals surface area contributed by atoms with Crippen LogP contribution in [-0.4, -0.2) is 49.9 Å². The lowest BCUT2D eigenvalue weighted by Crippen LogP contribution is -2.48. The summed E-state index contributed by atoms with van der Waals surface area (Å²) in [5.74, 6) is -0.185. The second-order valence-electron chi connectivity index (χ2n) is 6.71. The minimum absolute atomic E-state index is 0.0944. The molecule has 1 amide bonds. The topological polar surface area (TPSA) is 66.8 Å². The predicted molar refractivity (Wildman–Crippen MR) is 75.9 cm³/mol. The molecule has 1 saturated heterocycles. The molecule has 1 atom stereocenters. The van der Waals surface area contributed by atoms with E-state index in [1.807, 2.05) is 0 Å². The first-order valence-corrected chi connectivity index (χ1v) is 9.60. The van der Waals surface area contributed by atoms with Crippen molar-refractivity contribution in [3.8, 4) is 0 Å². The number of carboxylic acid groups (broad SMARTS) is 1. The highest BCUT2D eigenvalue weighted by Crippen LogP contribution is 2.37. The van der Waals surface area contributed by atoms with Gasteiger partial charge in [0.05, 0.1) is 5.92 Å². The number of carbonyl (C=O) groups excluding carboxylic acids is 1. The number of amides is 1. The fourth-order valence-corrected chi connectivity index (χ4v) is 2.80. The third kappa shape index (κ3) is 4.04. The molecule has 1 aliphatic rings. The van der Waals surface area contributed by atoms with Crippen LogP contribution in [0.4, 0.5) is 4.79 Å². The van der Waals surface area contributed by atoms with Crippen LogP contribution in [0.15, 0.2) is 0 Å².